The Morgan fingerprint density at radius 3 is 2.50 bits per heavy atom. The molecule has 1 aliphatic heterocycles. The van der Waals surface area contributed by atoms with Crippen LogP contribution in [0, 0.1) is 0 Å². The molecule has 2 aromatic rings. The number of furan rings is 1. The van der Waals surface area contributed by atoms with E-state index in [-0.39, 0.29) is 11.7 Å². The summed E-state index contributed by atoms with van der Waals surface area (Å²) < 4.78 is 10.9. The molecule has 2 N–H and O–H groups in total. The summed E-state index contributed by atoms with van der Waals surface area (Å²) in [6.07, 6.45) is 0.791. The van der Waals surface area contributed by atoms with Crippen LogP contribution in [0.4, 0.5) is 0 Å². The van der Waals surface area contributed by atoms with Crippen molar-refractivity contribution in [1.29, 1.82) is 0 Å². The lowest BCUT2D eigenvalue weighted by molar-refractivity contribution is -0.144. The zero-order chi connectivity index (χ0) is 17.0. The predicted molar refractivity (Wildman–Crippen MR) is 89.6 cm³/mol. The molecule has 0 spiro atoms. The molecule has 0 saturated carbocycles. The Morgan fingerprint density at radius 1 is 1.12 bits per heavy atom. The summed E-state index contributed by atoms with van der Waals surface area (Å²) >= 11 is 1.68. The van der Waals surface area contributed by atoms with Crippen molar-refractivity contribution >= 4 is 23.6 Å². The third-order valence-electron chi connectivity index (χ3n) is 3.88. The Labute approximate surface area is 143 Å². The number of ether oxygens (including phenoxy) is 1. The van der Waals surface area contributed by atoms with E-state index in [9.17, 15) is 14.7 Å². The Hall–Kier alpha value is -2.41. The number of nitrogens with one attached hydrogen (secondary N) is 1. The van der Waals surface area contributed by atoms with Crippen LogP contribution in [0.15, 0.2) is 46.9 Å². The zero-order valence-corrected chi connectivity index (χ0v) is 13.7. The Kier molecular flexibility index (Phi) is 4.80. The van der Waals surface area contributed by atoms with Crippen molar-refractivity contribution in [1.82, 2.24) is 5.32 Å². The highest BCUT2D eigenvalue weighted by Crippen LogP contribution is 2.29. The van der Waals surface area contributed by atoms with E-state index in [1.807, 2.05) is 18.2 Å². The highest BCUT2D eigenvalue weighted by atomic mass is 32.2. The van der Waals surface area contributed by atoms with Crippen LogP contribution in [0.2, 0.25) is 0 Å². The highest BCUT2D eigenvalue weighted by molar-refractivity contribution is 7.99. The minimum atomic E-state index is -1.23. The van der Waals surface area contributed by atoms with Gasteiger partial charge >= 0.3 is 5.97 Å². The monoisotopic (exact) mass is 347 g/mol. The van der Waals surface area contributed by atoms with Gasteiger partial charge in [0.15, 0.2) is 5.76 Å². The van der Waals surface area contributed by atoms with Crippen molar-refractivity contribution < 1.29 is 23.8 Å². The van der Waals surface area contributed by atoms with Gasteiger partial charge in [0, 0.05) is 6.07 Å². The summed E-state index contributed by atoms with van der Waals surface area (Å²) in [7, 11) is 0. The van der Waals surface area contributed by atoms with Crippen LogP contribution in [0.25, 0.3) is 0 Å². The molecule has 1 saturated heterocycles. The van der Waals surface area contributed by atoms with Crippen LogP contribution in [-0.4, -0.2) is 34.0 Å². The highest BCUT2D eigenvalue weighted by Gasteiger charge is 2.41. The van der Waals surface area contributed by atoms with E-state index in [4.69, 9.17) is 9.15 Å². The largest absolute Gasteiger partial charge is 0.480 e. The number of carbonyl (C=O) groups excluding carboxylic acids is 1. The molecule has 126 valence electrons. The van der Waals surface area contributed by atoms with Gasteiger partial charge in [0.1, 0.15) is 11.3 Å². The van der Waals surface area contributed by atoms with Gasteiger partial charge in [0.05, 0.1) is 0 Å². The molecule has 1 aromatic heterocycles. The molecule has 6 nitrogen and oxygen atoms in total. The van der Waals surface area contributed by atoms with E-state index in [0.29, 0.717) is 30.1 Å². The summed E-state index contributed by atoms with van der Waals surface area (Å²) in [5, 5.41) is 12.1. The van der Waals surface area contributed by atoms with E-state index >= 15 is 0 Å². The molecule has 1 amide bonds. The number of rotatable bonds is 5. The second-order valence-corrected chi connectivity index (χ2v) is 6.71. The van der Waals surface area contributed by atoms with E-state index < -0.39 is 17.4 Å². The topological polar surface area (TPSA) is 88.8 Å². The number of benzene rings is 1. The maximum absolute atomic E-state index is 12.4. The SMILES string of the molecule is O=C(NC1(C(=O)O)CCSCC1)c1ccc(Oc2ccccc2)o1. The summed E-state index contributed by atoms with van der Waals surface area (Å²) in [5.74, 6) is 0.635. The normalized spacial score (nSPS) is 16.3. The first-order chi connectivity index (χ1) is 11.6. The molecule has 1 aliphatic rings. The van der Waals surface area contributed by atoms with E-state index in [1.54, 1.807) is 23.9 Å². The van der Waals surface area contributed by atoms with Crippen molar-refractivity contribution in [2.24, 2.45) is 0 Å². The van der Waals surface area contributed by atoms with Gasteiger partial charge in [0.25, 0.3) is 11.9 Å². The lowest BCUT2D eigenvalue weighted by atomic mass is 9.92. The summed E-state index contributed by atoms with van der Waals surface area (Å²) in [5.41, 5.74) is -1.23. The van der Waals surface area contributed by atoms with Crippen LogP contribution >= 0.6 is 11.8 Å². The van der Waals surface area contributed by atoms with E-state index in [1.165, 1.54) is 12.1 Å². The van der Waals surface area contributed by atoms with Crippen LogP contribution in [0.1, 0.15) is 23.4 Å². The van der Waals surface area contributed by atoms with Crippen molar-refractivity contribution in [3.05, 3.63) is 48.2 Å². The van der Waals surface area contributed by atoms with Crippen molar-refractivity contribution in [3.8, 4) is 11.7 Å². The van der Waals surface area contributed by atoms with E-state index in [0.717, 1.165) is 0 Å². The number of carboxylic acids is 1. The van der Waals surface area contributed by atoms with Gasteiger partial charge in [-0.2, -0.15) is 11.8 Å². The Balaban J connectivity index is 1.70. The lowest BCUT2D eigenvalue weighted by Crippen LogP contribution is -2.56. The van der Waals surface area contributed by atoms with Crippen LogP contribution < -0.4 is 10.1 Å². The van der Waals surface area contributed by atoms with Crippen LogP contribution in [-0.2, 0) is 4.79 Å². The first kappa shape index (κ1) is 16.4. The fourth-order valence-corrected chi connectivity index (χ4v) is 3.68. The molecular weight excluding hydrogens is 330 g/mol. The molecule has 0 bridgehead atoms. The van der Waals surface area contributed by atoms with Crippen LogP contribution in [0.5, 0.6) is 11.7 Å². The summed E-state index contributed by atoms with van der Waals surface area (Å²) in [6.45, 7) is 0. The number of carboxylic acid groups (broad SMARTS) is 1. The molecule has 1 fully saturated rings. The van der Waals surface area contributed by atoms with Gasteiger partial charge in [-0.05, 0) is 42.5 Å². The summed E-state index contributed by atoms with van der Waals surface area (Å²) in [4.78, 5) is 24.0. The number of thioether (sulfide) groups is 1. The molecule has 0 aliphatic carbocycles. The molecule has 24 heavy (non-hydrogen) atoms. The third kappa shape index (κ3) is 3.56. The predicted octanol–water partition coefficient (Wildman–Crippen LogP) is 3.15. The summed E-state index contributed by atoms with van der Waals surface area (Å²) in [6, 6.07) is 12.0. The lowest BCUT2D eigenvalue weighted by Gasteiger charge is -2.33. The molecule has 3 rings (SSSR count). The fraction of sp³-hybridized carbons (Fsp3) is 0.294. The van der Waals surface area contributed by atoms with Gasteiger partial charge in [-0.1, -0.05) is 18.2 Å². The van der Waals surface area contributed by atoms with Gasteiger partial charge in [0.2, 0.25) is 0 Å². The second kappa shape index (κ2) is 7.00. The van der Waals surface area contributed by atoms with Gasteiger partial charge < -0.3 is 19.6 Å². The molecule has 0 radical (unpaired) electrons. The van der Waals surface area contributed by atoms with Gasteiger partial charge in [-0.25, -0.2) is 4.79 Å². The quantitative estimate of drug-likeness (QED) is 0.864. The second-order valence-electron chi connectivity index (χ2n) is 5.49. The Morgan fingerprint density at radius 2 is 1.83 bits per heavy atom. The first-order valence-corrected chi connectivity index (χ1v) is 8.71. The minimum absolute atomic E-state index is 0.0276. The zero-order valence-electron chi connectivity index (χ0n) is 12.9. The number of hydrogen-bond acceptors (Lipinski definition) is 5. The molecule has 0 unspecified atom stereocenters. The smallest absolute Gasteiger partial charge is 0.329 e. The molecule has 1 aromatic carbocycles. The van der Waals surface area contributed by atoms with Crippen molar-refractivity contribution in [2.45, 2.75) is 18.4 Å². The molecule has 2 heterocycles. The fourth-order valence-electron chi connectivity index (χ4n) is 2.49. The maximum atomic E-state index is 12.4. The van der Waals surface area contributed by atoms with Gasteiger partial charge in [-0.3, -0.25) is 4.79 Å². The van der Waals surface area contributed by atoms with Crippen LogP contribution in [0.3, 0.4) is 0 Å². The average Bonchev–Trinajstić information content (AvgIpc) is 3.05. The third-order valence-corrected chi connectivity index (χ3v) is 4.86. The number of para-hydroxylation sites is 1. The Bertz CT molecular complexity index is 722. The standard InChI is InChI=1S/C17H17NO5S/c19-15(18-17(16(20)21)8-10-24-11-9-17)13-6-7-14(23-13)22-12-4-2-1-3-5-12/h1-7H,8-11H2,(H,18,19)(H,20,21). The van der Waals surface area contributed by atoms with Gasteiger partial charge in [-0.15, -0.1) is 0 Å². The minimum Gasteiger partial charge on any atom is -0.480 e. The number of hydrogen-bond donors (Lipinski definition) is 2. The molecule has 7 heteroatoms. The first-order valence-electron chi connectivity index (χ1n) is 7.55. The van der Waals surface area contributed by atoms with Crippen molar-refractivity contribution in [2.75, 3.05) is 11.5 Å². The number of aliphatic carboxylic acids is 1. The number of carbonyl (C=O) groups is 2. The maximum Gasteiger partial charge on any atom is 0.329 e. The van der Waals surface area contributed by atoms with Crippen molar-refractivity contribution in [3.63, 3.8) is 0 Å². The molecular formula is C17H17NO5S. The van der Waals surface area contributed by atoms with E-state index in [2.05, 4.69) is 5.32 Å². The average molecular weight is 347 g/mol. The number of amides is 1. The molecule has 0 atom stereocenters.